The number of methoxy groups -OCH3 is 1. The Morgan fingerprint density at radius 3 is 2.52 bits per heavy atom. The van der Waals surface area contributed by atoms with E-state index in [1.54, 1.807) is 0 Å². The molecule has 0 spiro atoms. The van der Waals surface area contributed by atoms with E-state index in [9.17, 15) is 4.79 Å². The zero-order valence-corrected chi connectivity index (χ0v) is 12.7. The zero-order valence-electron chi connectivity index (χ0n) is 12.7. The minimum atomic E-state index is -0.222. The third-order valence-corrected chi connectivity index (χ3v) is 3.24. The van der Waals surface area contributed by atoms with Gasteiger partial charge in [0, 0.05) is 24.5 Å². The normalized spacial score (nSPS) is 10.7. The van der Waals surface area contributed by atoms with Gasteiger partial charge in [-0.1, -0.05) is 24.3 Å². The summed E-state index contributed by atoms with van der Waals surface area (Å²) in [7, 11) is 3.30. The van der Waals surface area contributed by atoms with Crippen LogP contribution in [-0.4, -0.2) is 36.6 Å². The molecule has 0 amide bonds. The number of hydrogen-bond donors (Lipinski definition) is 0. The highest BCUT2D eigenvalue weighted by molar-refractivity contribution is 5.71. The summed E-state index contributed by atoms with van der Waals surface area (Å²) in [5.41, 5.74) is 4.56. The maximum absolute atomic E-state index is 11.2. The Hall–Kier alpha value is -2.20. The number of rotatable bonds is 5. The molecule has 110 valence electrons. The molecule has 0 atom stereocenters. The molecule has 4 nitrogen and oxygen atoms in total. The number of carbonyl (C=O) groups excluding carboxylic acids is 1. The Bertz CT molecular complexity index is 608. The zero-order chi connectivity index (χ0) is 15.2. The van der Waals surface area contributed by atoms with Crippen LogP contribution in [-0.2, 0) is 16.1 Å². The van der Waals surface area contributed by atoms with Gasteiger partial charge in [0.25, 0.3) is 0 Å². The molecule has 0 N–H and O–H groups in total. The lowest BCUT2D eigenvalue weighted by Gasteiger charge is -2.15. The van der Waals surface area contributed by atoms with Crippen LogP contribution in [0.5, 0.6) is 0 Å². The predicted octanol–water partition coefficient (Wildman–Crippen LogP) is 2.66. The molecular weight excluding hydrogens is 264 g/mol. The number of nitrogens with zero attached hydrogens (tertiary/aromatic N) is 2. The van der Waals surface area contributed by atoms with Gasteiger partial charge in [-0.05, 0) is 36.7 Å². The third-order valence-electron chi connectivity index (χ3n) is 3.24. The van der Waals surface area contributed by atoms with E-state index in [2.05, 4.69) is 40.1 Å². The number of carbonyl (C=O) groups is 1. The van der Waals surface area contributed by atoms with Crippen molar-refractivity contribution in [2.24, 2.45) is 0 Å². The lowest BCUT2D eigenvalue weighted by atomic mass is 10.0. The smallest absolute Gasteiger partial charge is 0.319 e. The lowest BCUT2D eigenvalue weighted by Crippen LogP contribution is -2.26. The van der Waals surface area contributed by atoms with Crippen LogP contribution in [0.25, 0.3) is 11.1 Å². The summed E-state index contributed by atoms with van der Waals surface area (Å²) in [6, 6.07) is 10.4. The van der Waals surface area contributed by atoms with Crippen molar-refractivity contribution in [3.05, 3.63) is 53.9 Å². The van der Waals surface area contributed by atoms with Crippen molar-refractivity contribution in [3.8, 4) is 11.1 Å². The van der Waals surface area contributed by atoms with Crippen LogP contribution in [0.3, 0.4) is 0 Å². The van der Waals surface area contributed by atoms with Gasteiger partial charge in [-0.3, -0.25) is 14.7 Å². The van der Waals surface area contributed by atoms with Gasteiger partial charge in [0.1, 0.15) is 0 Å². The second kappa shape index (κ2) is 6.99. The van der Waals surface area contributed by atoms with E-state index < -0.39 is 0 Å². The summed E-state index contributed by atoms with van der Waals surface area (Å²) in [5.74, 6) is -0.222. The topological polar surface area (TPSA) is 42.4 Å². The Morgan fingerprint density at radius 1 is 1.19 bits per heavy atom. The summed E-state index contributed by atoms with van der Waals surface area (Å²) in [4.78, 5) is 17.4. The standard InChI is InChI=1S/C17H20N2O2/c1-13-8-16(10-18-9-13)15-6-4-14(5-7-15)11-19(2)12-17(20)21-3/h4-10H,11-12H2,1-3H3. The van der Waals surface area contributed by atoms with Crippen molar-refractivity contribution >= 4 is 5.97 Å². The Morgan fingerprint density at radius 2 is 1.90 bits per heavy atom. The van der Waals surface area contributed by atoms with Gasteiger partial charge in [0.2, 0.25) is 0 Å². The molecule has 0 saturated carbocycles. The summed E-state index contributed by atoms with van der Waals surface area (Å²) >= 11 is 0. The van der Waals surface area contributed by atoms with Gasteiger partial charge in [0.15, 0.2) is 0 Å². The van der Waals surface area contributed by atoms with Crippen molar-refractivity contribution in [2.45, 2.75) is 13.5 Å². The average molecular weight is 284 g/mol. The molecule has 2 aromatic rings. The first-order valence-corrected chi connectivity index (χ1v) is 6.85. The molecule has 0 unspecified atom stereocenters. The Kier molecular flexibility index (Phi) is 5.06. The largest absolute Gasteiger partial charge is 0.468 e. The minimum absolute atomic E-state index is 0.222. The monoisotopic (exact) mass is 284 g/mol. The summed E-state index contributed by atoms with van der Waals surface area (Å²) < 4.78 is 4.66. The van der Waals surface area contributed by atoms with Crippen LogP contribution in [0.1, 0.15) is 11.1 Å². The summed E-state index contributed by atoms with van der Waals surface area (Å²) in [5, 5.41) is 0. The SMILES string of the molecule is COC(=O)CN(C)Cc1ccc(-c2cncc(C)c2)cc1. The molecule has 0 aliphatic heterocycles. The molecule has 1 aromatic carbocycles. The fourth-order valence-electron chi connectivity index (χ4n) is 2.17. The van der Waals surface area contributed by atoms with Gasteiger partial charge in [0.05, 0.1) is 13.7 Å². The molecule has 21 heavy (non-hydrogen) atoms. The Balaban J connectivity index is 2.04. The van der Waals surface area contributed by atoms with Crippen molar-refractivity contribution < 1.29 is 9.53 Å². The van der Waals surface area contributed by atoms with Crippen LogP contribution in [0, 0.1) is 6.92 Å². The fraction of sp³-hybridized carbons (Fsp3) is 0.294. The molecule has 1 aromatic heterocycles. The van der Waals surface area contributed by atoms with E-state index in [0.29, 0.717) is 13.1 Å². The first-order valence-electron chi connectivity index (χ1n) is 6.85. The first-order chi connectivity index (χ1) is 10.1. The molecule has 2 rings (SSSR count). The predicted molar refractivity (Wildman–Crippen MR) is 82.8 cm³/mol. The van der Waals surface area contributed by atoms with Crippen LogP contribution in [0.4, 0.5) is 0 Å². The molecule has 0 fully saturated rings. The van der Waals surface area contributed by atoms with Crippen LogP contribution in [0.15, 0.2) is 42.7 Å². The maximum atomic E-state index is 11.2. The molecule has 1 heterocycles. The summed E-state index contributed by atoms with van der Waals surface area (Å²) in [6.07, 6.45) is 3.71. The molecular formula is C17H20N2O2. The molecule has 0 aliphatic carbocycles. The number of ether oxygens (including phenoxy) is 1. The second-order valence-corrected chi connectivity index (χ2v) is 5.20. The molecule has 0 bridgehead atoms. The number of aryl methyl sites for hydroxylation is 1. The van der Waals surface area contributed by atoms with Crippen LogP contribution in [0.2, 0.25) is 0 Å². The molecule has 0 saturated heterocycles. The van der Waals surface area contributed by atoms with E-state index in [0.717, 1.165) is 22.3 Å². The molecule has 4 heteroatoms. The van der Waals surface area contributed by atoms with Gasteiger partial charge in [-0.25, -0.2) is 0 Å². The summed E-state index contributed by atoms with van der Waals surface area (Å²) in [6.45, 7) is 3.04. The number of aromatic nitrogens is 1. The Labute approximate surface area is 125 Å². The molecule has 0 aliphatic rings. The van der Waals surface area contributed by atoms with Crippen molar-refractivity contribution in [1.82, 2.24) is 9.88 Å². The number of benzene rings is 1. The minimum Gasteiger partial charge on any atom is -0.468 e. The van der Waals surface area contributed by atoms with E-state index >= 15 is 0 Å². The van der Waals surface area contributed by atoms with Crippen molar-refractivity contribution in [3.63, 3.8) is 0 Å². The van der Waals surface area contributed by atoms with Crippen molar-refractivity contribution in [1.29, 1.82) is 0 Å². The van der Waals surface area contributed by atoms with Gasteiger partial charge in [-0.15, -0.1) is 0 Å². The number of pyridine rings is 1. The highest BCUT2D eigenvalue weighted by Crippen LogP contribution is 2.20. The second-order valence-electron chi connectivity index (χ2n) is 5.20. The van der Waals surface area contributed by atoms with Crippen LogP contribution < -0.4 is 0 Å². The van der Waals surface area contributed by atoms with Crippen molar-refractivity contribution in [2.75, 3.05) is 20.7 Å². The van der Waals surface area contributed by atoms with Crippen LogP contribution >= 0.6 is 0 Å². The highest BCUT2D eigenvalue weighted by atomic mass is 16.5. The third kappa shape index (κ3) is 4.39. The first kappa shape index (κ1) is 15.2. The maximum Gasteiger partial charge on any atom is 0.319 e. The fourth-order valence-corrected chi connectivity index (χ4v) is 2.17. The lowest BCUT2D eigenvalue weighted by molar-refractivity contribution is -0.141. The van der Waals surface area contributed by atoms with Gasteiger partial charge >= 0.3 is 5.97 Å². The highest BCUT2D eigenvalue weighted by Gasteiger charge is 2.07. The number of esters is 1. The van der Waals surface area contributed by atoms with E-state index in [-0.39, 0.29) is 5.97 Å². The van der Waals surface area contributed by atoms with Gasteiger partial charge in [-0.2, -0.15) is 0 Å². The average Bonchev–Trinajstić information content (AvgIpc) is 2.47. The molecule has 0 radical (unpaired) electrons. The van der Waals surface area contributed by atoms with E-state index in [4.69, 9.17) is 0 Å². The number of hydrogen-bond acceptors (Lipinski definition) is 4. The number of likely N-dealkylation sites (N-methyl/N-ethyl adjacent to an activating group) is 1. The quantitative estimate of drug-likeness (QED) is 0.792. The van der Waals surface area contributed by atoms with E-state index in [1.165, 1.54) is 7.11 Å². The van der Waals surface area contributed by atoms with Gasteiger partial charge < -0.3 is 4.74 Å². The van der Waals surface area contributed by atoms with E-state index in [1.807, 2.05) is 31.3 Å².